The summed E-state index contributed by atoms with van der Waals surface area (Å²) in [6.07, 6.45) is 2.14. The predicted octanol–water partition coefficient (Wildman–Crippen LogP) is 1.45. The van der Waals surface area contributed by atoms with Crippen LogP contribution in [0.4, 0.5) is 11.4 Å². The molecule has 0 aliphatic heterocycles. The first-order valence-electron chi connectivity index (χ1n) is 5.03. The first-order chi connectivity index (χ1) is 6.75. The zero-order valence-corrected chi connectivity index (χ0v) is 8.11. The molecule has 3 heteroatoms. The van der Waals surface area contributed by atoms with Crippen molar-refractivity contribution >= 4 is 11.4 Å². The monoisotopic (exact) mass is 192 g/mol. The van der Waals surface area contributed by atoms with Crippen molar-refractivity contribution in [3.63, 3.8) is 0 Å². The molecule has 0 aromatic heterocycles. The summed E-state index contributed by atoms with van der Waals surface area (Å²) in [7, 11) is 0. The Balaban J connectivity index is 1.82. The zero-order chi connectivity index (χ0) is 9.97. The van der Waals surface area contributed by atoms with E-state index < -0.39 is 0 Å². The second-order valence-electron chi connectivity index (χ2n) is 3.91. The normalized spacial score (nSPS) is 17.8. The summed E-state index contributed by atoms with van der Waals surface area (Å²) in [5.74, 6) is 0.524. The number of rotatable bonds is 4. The molecule has 2 rings (SSSR count). The van der Waals surface area contributed by atoms with Gasteiger partial charge in [0.2, 0.25) is 0 Å². The van der Waals surface area contributed by atoms with Crippen LogP contribution in [0.5, 0.6) is 0 Å². The van der Waals surface area contributed by atoms with E-state index in [1.54, 1.807) is 0 Å². The lowest BCUT2D eigenvalue weighted by Gasteiger charge is -2.11. The second kappa shape index (κ2) is 3.88. The lowest BCUT2D eigenvalue weighted by Crippen LogP contribution is -2.21. The summed E-state index contributed by atoms with van der Waals surface area (Å²) in [5.41, 5.74) is 7.34. The molecular weight excluding hydrogens is 176 g/mol. The van der Waals surface area contributed by atoms with Crippen LogP contribution in [0.1, 0.15) is 12.8 Å². The minimum absolute atomic E-state index is 0.201. The summed E-state index contributed by atoms with van der Waals surface area (Å²) in [6.45, 7) is 0.634. The Morgan fingerprint density at radius 2 is 2.00 bits per heavy atom. The van der Waals surface area contributed by atoms with Crippen molar-refractivity contribution in [3.8, 4) is 0 Å². The van der Waals surface area contributed by atoms with Crippen LogP contribution in [-0.2, 0) is 0 Å². The quantitative estimate of drug-likeness (QED) is 0.633. The summed E-state index contributed by atoms with van der Waals surface area (Å²) >= 11 is 0. The molecule has 0 saturated heterocycles. The second-order valence-corrected chi connectivity index (χ2v) is 3.91. The van der Waals surface area contributed by atoms with Gasteiger partial charge >= 0.3 is 0 Å². The summed E-state index contributed by atoms with van der Waals surface area (Å²) in [6, 6.07) is 7.56. The maximum absolute atomic E-state index is 9.62. The van der Waals surface area contributed by atoms with Crippen LogP contribution in [0.15, 0.2) is 24.3 Å². The fourth-order valence-electron chi connectivity index (χ4n) is 1.47. The van der Waals surface area contributed by atoms with E-state index in [1.165, 1.54) is 12.8 Å². The van der Waals surface area contributed by atoms with Gasteiger partial charge in [0, 0.05) is 17.9 Å². The number of hydrogen-bond acceptors (Lipinski definition) is 3. The fraction of sp³-hybridized carbons (Fsp3) is 0.455. The molecule has 0 amide bonds. The molecule has 76 valence electrons. The van der Waals surface area contributed by atoms with Crippen LogP contribution in [0.3, 0.4) is 0 Å². The summed E-state index contributed by atoms with van der Waals surface area (Å²) in [5, 5.41) is 12.8. The Labute approximate surface area is 83.9 Å². The fourth-order valence-corrected chi connectivity index (χ4v) is 1.47. The Kier molecular flexibility index (Phi) is 2.59. The van der Waals surface area contributed by atoms with Gasteiger partial charge in [0.1, 0.15) is 0 Å². The molecule has 1 fully saturated rings. The van der Waals surface area contributed by atoms with Crippen LogP contribution in [0.25, 0.3) is 0 Å². The Morgan fingerprint density at radius 1 is 1.36 bits per heavy atom. The highest BCUT2D eigenvalue weighted by Gasteiger charge is 2.29. The maximum atomic E-state index is 9.62. The van der Waals surface area contributed by atoms with E-state index in [0.29, 0.717) is 12.5 Å². The van der Waals surface area contributed by atoms with E-state index in [2.05, 4.69) is 5.32 Å². The molecule has 0 bridgehead atoms. The third-order valence-electron chi connectivity index (χ3n) is 2.59. The lowest BCUT2D eigenvalue weighted by molar-refractivity contribution is 0.164. The average Bonchev–Trinajstić information content (AvgIpc) is 3.00. The molecule has 1 aromatic rings. The lowest BCUT2D eigenvalue weighted by atomic mass is 10.2. The van der Waals surface area contributed by atoms with Crippen molar-refractivity contribution in [2.45, 2.75) is 18.9 Å². The van der Waals surface area contributed by atoms with Crippen LogP contribution in [-0.4, -0.2) is 17.8 Å². The van der Waals surface area contributed by atoms with Gasteiger partial charge < -0.3 is 16.2 Å². The number of nitrogens with two attached hydrogens (primary N) is 1. The summed E-state index contributed by atoms with van der Waals surface area (Å²) < 4.78 is 0. The van der Waals surface area contributed by atoms with E-state index in [4.69, 9.17) is 5.73 Å². The van der Waals surface area contributed by atoms with E-state index in [1.807, 2.05) is 24.3 Å². The number of aliphatic hydroxyl groups is 1. The van der Waals surface area contributed by atoms with Crippen molar-refractivity contribution in [2.24, 2.45) is 5.92 Å². The van der Waals surface area contributed by atoms with Gasteiger partial charge in [-0.15, -0.1) is 0 Å². The number of hydrogen-bond donors (Lipinski definition) is 3. The average molecular weight is 192 g/mol. The highest BCUT2D eigenvalue weighted by atomic mass is 16.3. The molecule has 1 atom stereocenters. The van der Waals surface area contributed by atoms with E-state index in [-0.39, 0.29) is 6.10 Å². The molecule has 0 radical (unpaired) electrons. The van der Waals surface area contributed by atoms with Crippen LogP contribution < -0.4 is 11.1 Å². The highest BCUT2D eigenvalue weighted by molar-refractivity contribution is 5.51. The molecule has 1 unspecified atom stereocenters. The van der Waals surface area contributed by atoms with Crippen molar-refractivity contribution in [1.29, 1.82) is 0 Å². The number of aliphatic hydroxyl groups excluding tert-OH is 1. The minimum Gasteiger partial charge on any atom is -0.399 e. The van der Waals surface area contributed by atoms with Gasteiger partial charge in [-0.05, 0) is 43.0 Å². The maximum Gasteiger partial charge on any atom is 0.0740 e. The molecule has 1 saturated carbocycles. The smallest absolute Gasteiger partial charge is 0.0740 e. The Bertz CT molecular complexity index is 293. The number of nitrogens with one attached hydrogen (secondary N) is 1. The first-order valence-corrected chi connectivity index (χ1v) is 5.03. The number of nitrogen functional groups attached to an aromatic ring is 1. The van der Waals surface area contributed by atoms with E-state index in [0.717, 1.165) is 11.4 Å². The molecule has 0 heterocycles. The van der Waals surface area contributed by atoms with Gasteiger partial charge in [0.25, 0.3) is 0 Å². The zero-order valence-electron chi connectivity index (χ0n) is 8.11. The predicted molar refractivity (Wildman–Crippen MR) is 58.1 cm³/mol. The SMILES string of the molecule is Nc1ccc(NCC(O)C2CC2)cc1. The van der Waals surface area contributed by atoms with Crippen molar-refractivity contribution in [1.82, 2.24) is 0 Å². The first kappa shape index (κ1) is 9.34. The molecule has 1 aliphatic rings. The van der Waals surface area contributed by atoms with Crippen molar-refractivity contribution < 1.29 is 5.11 Å². The Hall–Kier alpha value is -1.22. The third kappa shape index (κ3) is 2.39. The molecule has 3 nitrogen and oxygen atoms in total. The van der Waals surface area contributed by atoms with E-state index >= 15 is 0 Å². The van der Waals surface area contributed by atoms with Crippen LogP contribution >= 0.6 is 0 Å². The Morgan fingerprint density at radius 3 is 2.57 bits per heavy atom. The molecular formula is C11H16N2O. The van der Waals surface area contributed by atoms with Gasteiger partial charge in [-0.25, -0.2) is 0 Å². The topological polar surface area (TPSA) is 58.3 Å². The number of anilines is 2. The molecule has 4 N–H and O–H groups in total. The minimum atomic E-state index is -0.201. The van der Waals surface area contributed by atoms with Crippen LogP contribution in [0, 0.1) is 5.92 Å². The van der Waals surface area contributed by atoms with Gasteiger partial charge in [-0.1, -0.05) is 0 Å². The highest BCUT2D eigenvalue weighted by Crippen LogP contribution is 2.32. The summed E-state index contributed by atoms with van der Waals surface area (Å²) in [4.78, 5) is 0. The largest absolute Gasteiger partial charge is 0.399 e. The van der Waals surface area contributed by atoms with Gasteiger partial charge in [-0.2, -0.15) is 0 Å². The molecule has 14 heavy (non-hydrogen) atoms. The molecule has 1 aliphatic carbocycles. The van der Waals surface area contributed by atoms with E-state index in [9.17, 15) is 5.11 Å². The molecule has 1 aromatic carbocycles. The van der Waals surface area contributed by atoms with Crippen molar-refractivity contribution in [3.05, 3.63) is 24.3 Å². The van der Waals surface area contributed by atoms with Gasteiger partial charge in [-0.3, -0.25) is 0 Å². The standard InChI is InChI=1S/C11H16N2O/c12-9-3-5-10(6-4-9)13-7-11(14)8-1-2-8/h3-6,8,11,13-14H,1-2,7,12H2. The van der Waals surface area contributed by atoms with Crippen LogP contribution in [0.2, 0.25) is 0 Å². The van der Waals surface area contributed by atoms with Gasteiger partial charge in [0.15, 0.2) is 0 Å². The third-order valence-corrected chi connectivity index (χ3v) is 2.59. The van der Waals surface area contributed by atoms with Gasteiger partial charge in [0.05, 0.1) is 6.10 Å². The van der Waals surface area contributed by atoms with Crippen molar-refractivity contribution in [2.75, 3.05) is 17.6 Å². The molecule has 0 spiro atoms. The number of benzene rings is 1.